The van der Waals surface area contributed by atoms with Gasteiger partial charge in [0.05, 0.1) is 6.54 Å². The minimum Gasteiger partial charge on any atom is -0.354 e. The lowest BCUT2D eigenvalue weighted by Gasteiger charge is -2.23. The number of rotatable bonds is 7. The SMILES string of the molecule is CCCNc1nccc(N(Cc2cccs2)C2CC2)n1. The zero-order chi connectivity index (χ0) is 13.8. The molecule has 0 bridgehead atoms. The van der Waals surface area contributed by atoms with Crippen LogP contribution in [0.2, 0.25) is 0 Å². The lowest BCUT2D eigenvalue weighted by atomic mass is 10.3. The second kappa shape index (κ2) is 6.22. The molecule has 0 atom stereocenters. The van der Waals surface area contributed by atoms with Crippen molar-refractivity contribution < 1.29 is 0 Å². The van der Waals surface area contributed by atoms with Crippen LogP contribution in [-0.2, 0) is 6.54 Å². The van der Waals surface area contributed by atoms with Crippen LogP contribution in [0, 0.1) is 0 Å². The Hall–Kier alpha value is -1.62. The zero-order valence-corrected chi connectivity index (χ0v) is 12.6. The molecular weight excluding hydrogens is 268 g/mol. The highest BCUT2D eigenvalue weighted by Gasteiger charge is 2.30. The molecule has 4 nitrogen and oxygen atoms in total. The largest absolute Gasteiger partial charge is 0.354 e. The number of thiophene rings is 1. The van der Waals surface area contributed by atoms with Crippen molar-refractivity contribution in [3.8, 4) is 0 Å². The van der Waals surface area contributed by atoms with Crippen LogP contribution < -0.4 is 10.2 Å². The van der Waals surface area contributed by atoms with Crippen LogP contribution in [0.4, 0.5) is 11.8 Å². The summed E-state index contributed by atoms with van der Waals surface area (Å²) in [7, 11) is 0. The number of hydrogen-bond donors (Lipinski definition) is 1. The van der Waals surface area contributed by atoms with E-state index in [1.807, 2.05) is 23.6 Å². The Morgan fingerprint density at radius 2 is 2.30 bits per heavy atom. The van der Waals surface area contributed by atoms with Crippen molar-refractivity contribution in [2.24, 2.45) is 0 Å². The maximum absolute atomic E-state index is 4.66. The molecule has 5 heteroatoms. The first-order valence-corrected chi connectivity index (χ1v) is 8.10. The van der Waals surface area contributed by atoms with Gasteiger partial charge in [-0.25, -0.2) is 4.98 Å². The van der Waals surface area contributed by atoms with Crippen LogP contribution in [0.5, 0.6) is 0 Å². The van der Waals surface area contributed by atoms with Gasteiger partial charge in [-0.3, -0.25) is 0 Å². The number of hydrogen-bond acceptors (Lipinski definition) is 5. The molecule has 106 valence electrons. The summed E-state index contributed by atoms with van der Waals surface area (Å²) in [5, 5.41) is 5.40. The van der Waals surface area contributed by atoms with Crippen LogP contribution in [0.25, 0.3) is 0 Å². The molecule has 0 saturated heterocycles. The molecule has 20 heavy (non-hydrogen) atoms. The Bertz CT molecular complexity index is 537. The fourth-order valence-corrected chi connectivity index (χ4v) is 2.89. The first-order chi connectivity index (χ1) is 9.86. The highest BCUT2D eigenvalue weighted by Crippen LogP contribution is 2.32. The molecule has 0 radical (unpaired) electrons. The van der Waals surface area contributed by atoms with E-state index in [4.69, 9.17) is 0 Å². The molecule has 0 spiro atoms. The summed E-state index contributed by atoms with van der Waals surface area (Å²) >= 11 is 1.81. The van der Waals surface area contributed by atoms with Gasteiger partial charge < -0.3 is 10.2 Å². The maximum Gasteiger partial charge on any atom is 0.224 e. The molecule has 0 amide bonds. The molecule has 1 aliphatic carbocycles. The van der Waals surface area contributed by atoms with Gasteiger partial charge in [0, 0.05) is 23.7 Å². The third kappa shape index (κ3) is 3.28. The topological polar surface area (TPSA) is 41.1 Å². The predicted octanol–water partition coefficient (Wildman–Crippen LogP) is 3.53. The number of aromatic nitrogens is 2. The number of nitrogens with one attached hydrogen (secondary N) is 1. The summed E-state index contributed by atoms with van der Waals surface area (Å²) in [4.78, 5) is 12.7. The Morgan fingerprint density at radius 3 is 3.00 bits per heavy atom. The van der Waals surface area contributed by atoms with E-state index in [0.29, 0.717) is 6.04 Å². The molecule has 0 unspecified atom stereocenters. The molecule has 2 aromatic heterocycles. The molecule has 0 aromatic carbocycles. The lowest BCUT2D eigenvalue weighted by Crippen LogP contribution is -2.26. The minimum atomic E-state index is 0.644. The van der Waals surface area contributed by atoms with Crippen molar-refractivity contribution in [3.63, 3.8) is 0 Å². The average molecular weight is 288 g/mol. The zero-order valence-electron chi connectivity index (χ0n) is 11.7. The van der Waals surface area contributed by atoms with E-state index in [9.17, 15) is 0 Å². The van der Waals surface area contributed by atoms with Crippen molar-refractivity contribution in [1.82, 2.24) is 9.97 Å². The van der Waals surface area contributed by atoms with E-state index in [2.05, 4.69) is 44.6 Å². The molecule has 0 aliphatic heterocycles. The Labute approximate surface area is 123 Å². The molecule has 1 N–H and O–H groups in total. The van der Waals surface area contributed by atoms with Crippen molar-refractivity contribution in [3.05, 3.63) is 34.7 Å². The van der Waals surface area contributed by atoms with E-state index in [-0.39, 0.29) is 0 Å². The van der Waals surface area contributed by atoms with Gasteiger partial charge in [-0.05, 0) is 36.8 Å². The normalized spacial score (nSPS) is 14.2. The van der Waals surface area contributed by atoms with Crippen molar-refractivity contribution in [2.45, 2.75) is 38.8 Å². The van der Waals surface area contributed by atoms with E-state index in [1.165, 1.54) is 17.7 Å². The molecular formula is C15H20N4S. The fraction of sp³-hybridized carbons (Fsp3) is 0.467. The molecule has 2 heterocycles. The van der Waals surface area contributed by atoms with Gasteiger partial charge in [-0.15, -0.1) is 11.3 Å². The first-order valence-electron chi connectivity index (χ1n) is 7.22. The van der Waals surface area contributed by atoms with Gasteiger partial charge in [0.2, 0.25) is 5.95 Å². The Balaban J connectivity index is 1.76. The van der Waals surface area contributed by atoms with Gasteiger partial charge in [-0.1, -0.05) is 13.0 Å². The second-order valence-electron chi connectivity index (χ2n) is 5.10. The van der Waals surface area contributed by atoms with Crippen LogP contribution in [0.3, 0.4) is 0 Å². The highest BCUT2D eigenvalue weighted by atomic mass is 32.1. The highest BCUT2D eigenvalue weighted by molar-refractivity contribution is 7.09. The van der Waals surface area contributed by atoms with Crippen LogP contribution >= 0.6 is 11.3 Å². The second-order valence-corrected chi connectivity index (χ2v) is 6.14. The van der Waals surface area contributed by atoms with Gasteiger partial charge >= 0.3 is 0 Å². The third-order valence-electron chi connectivity index (χ3n) is 3.36. The summed E-state index contributed by atoms with van der Waals surface area (Å²) in [5.41, 5.74) is 0. The monoisotopic (exact) mass is 288 g/mol. The average Bonchev–Trinajstić information content (AvgIpc) is 3.19. The number of anilines is 2. The smallest absolute Gasteiger partial charge is 0.224 e. The van der Waals surface area contributed by atoms with Crippen molar-refractivity contribution in [1.29, 1.82) is 0 Å². The molecule has 3 rings (SSSR count). The summed E-state index contributed by atoms with van der Waals surface area (Å²) in [6.07, 6.45) is 5.47. The van der Waals surface area contributed by atoms with Gasteiger partial charge in [0.1, 0.15) is 5.82 Å². The Kier molecular flexibility index (Phi) is 4.16. The first kappa shape index (κ1) is 13.4. The van der Waals surface area contributed by atoms with E-state index >= 15 is 0 Å². The molecule has 1 aliphatic rings. The quantitative estimate of drug-likeness (QED) is 0.846. The maximum atomic E-state index is 4.66. The van der Waals surface area contributed by atoms with Crippen molar-refractivity contribution in [2.75, 3.05) is 16.8 Å². The van der Waals surface area contributed by atoms with Crippen LogP contribution in [0.1, 0.15) is 31.1 Å². The summed E-state index contributed by atoms with van der Waals surface area (Å²) in [6, 6.07) is 6.96. The summed E-state index contributed by atoms with van der Waals surface area (Å²) < 4.78 is 0. The third-order valence-corrected chi connectivity index (χ3v) is 4.22. The van der Waals surface area contributed by atoms with Crippen molar-refractivity contribution >= 4 is 23.1 Å². The molecule has 1 saturated carbocycles. The predicted molar refractivity (Wildman–Crippen MR) is 84.3 cm³/mol. The fourth-order valence-electron chi connectivity index (χ4n) is 2.18. The standard InChI is InChI=1S/C15H20N4S/c1-2-8-16-15-17-9-7-14(18-15)19(12-5-6-12)11-13-4-3-10-20-13/h3-4,7,9-10,12H,2,5-6,8,11H2,1H3,(H,16,17,18). The van der Waals surface area contributed by atoms with Gasteiger partial charge in [-0.2, -0.15) is 4.98 Å². The van der Waals surface area contributed by atoms with E-state index < -0.39 is 0 Å². The van der Waals surface area contributed by atoms with Gasteiger partial charge in [0.25, 0.3) is 0 Å². The molecule has 1 fully saturated rings. The van der Waals surface area contributed by atoms with Gasteiger partial charge in [0.15, 0.2) is 0 Å². The van der Waals surface area contributed by atoms with Crippen LogP contribution in [0.15, 0.2) is 29.8 Å². The lowest BCUT2D eigenvalue weighted by molar-refractivity contribution is 0.783. The number of nitrogens with zero attached hydrogens (tertiary/aromatic N) is 3. The van der Waals surface area contributed by atoms with E-state index in [0.717, 1.165) is 31.3 Å². The van der Waals surface area contributed by atoms with Crippen LogP contribution in [-0.4, -0.2) is 22.6 Å². The molecule has 2 aromatic rings. The van der Waals surface area contributed by atoms with E-state index in [1.54, 1.807) is 0 Å². The minimum absolute atomic E-state index is 0.644. The summed E-state index contributed by atoms with van der Waals surface area (Å²) in [5.74, 6) is 1.77. The summed E-state index contributed by atoms with van der Waals surface area (Å²) in [6.45, 7) is 4.01. The Morgan fingerprint density at radius 1 is 1.40 bits per heavy atom.